The highest BCUT2D eigenvalue weighted by atomic mass is 35.5. The first-order chi connectivity index (χ1) is 11.9. The van der Waals surface area contributed by atoms with Gasteiger partial charge in [-0.3, -0.25) is 10.1 Å². The van der Waals surface area contributed by atoms with Gasteiger partial charge in [0.2, 0.25) is 11.8 Å². The number of benzene rings is 2. The van der Waals surface area contributed by atoms with Gasteiger partial charge in [-0.2, -0.15) is 0 Å². The largest absolute Gasteiger partial charge is 0.403 e. The fourth-order valence-corrected chi connectivity index (χ4v) is 2.86. The molecule has 1 N–H and O–H groups in total. The van der Waals surface area contributed by atoms with Crippen LogP contribution in [-0.2, 0) is 11.2 Å². The molecule has 2 aromatic carbocycles. The molecule has 128 valence electrons. The van der Waals surface area contributed by atoms with Gasteiger partial charge in [-0.25, -0.2) is 0 Å². The summed E-state index contributed by atoms with van der Waals surface area (Å²) in [7, 11) is 0. The average Bonchev–Trinajstić information content (AvgIpc) is 2.98. The Morgan fingerprint density at radius 3 is 2.44 bits per heavy atom. The molecule has 0 aliphatic carbocycles. The van der Waals surface area contributed by atoms with E-state index in [1.807, 2.05) is 32.0 Å². The van der Waals surface area contributed by atoms with Crippen molar-refractivity contribution in [2.75, 3.05) is 5.32 Å². The first-order valence-electron chi connectivity index (χ1n) is 7.56. The summed E-state index contributed by atoms with van der Waals surface area (Å²) < 4.78 is 5.46. The third-order valence-electron chi connectivity index (χ3n) is 3.72. The number of nitrogens with zero attached hydrogens (tertiary/aromatic N) is 2. The first-order valence-corrected chi connectivity index (χ1v) is 8.32. The summed E-state index contributed by atoms with van der Waals surface area (Å²) in [5.74, 6) is -0.00606. The number of carbonyl (C=O) groups is 1. The summed E-state index contributed by atoms with van der Waals surface area (Å²) in [6, 6.07) is 10.8. The molecule has 0 unspecified atom stereocenters. The SMILES string of the molecule is Cc1ccc(CC(=O)Nc2nnc(-c3cc(Cl)cc(Cl)c3)o2)cc1C. The van der Waals surface area contributed by atoms with Gasteiger partial charge >= 0.3 is 6.01 Å². The quantitative estimate of drug-likeness (QED) is 0.707. The lowest BCUT2D eigenvalue weighted by molar-refractivity contribution is -0.115. The van der Waals surface area contributed by atoms with Crippen molar-refractivity contribution in [3.05, 3.63) is 63.1 Å². The first kappa shape index (κ1) is 17.5. The van der Waals surface area contributed by atoms with E-state index < -0.39 is 0 Å². The molecule has 1 heterocycles. The van der Waals surface area contributed by atoms with E-state index in [0.717, 1.165) is 11.1 Å². The molecule has 1 aromatic heterocycles. The van der Waals surface area contributed by atoms with E-state index in [1.54, 1.807) is 18.2 Å². The Balaban J connectivity index is 1.70. The molecule has 25 heavy (non-hydrogen) atoms. The molecule has 0 aliphatic rings. The zero-order valence-corrected chi connectivity index (χ0v) is 15.1. The van der Waals surface area contributed by atoms with E-state index in [9.17, 15) is 4.79 Å². The van der Waals surface area contributed by atoms with Crippen LogP contribution in [0.3, 0.4) is 0 Å². The monoisotopic (exact) mass is 375 g/mol. The fourth-order valence-electron chi connectivity index (χ4n) is 2.33. The molecule has 0 saturated carbocycles. The second kappa shape index (κ2) is 7.25. The average molecular weight is 376 g/mol. The Bertz CT molecular complexity index is 918. The lowest BCUT2D eigenvalue weighted by Crippen LogP contribution is -2.14. The molecule has 0 aliphatic heterocycles. The van der Waals surface area contributed by atoms with Crippen molar-refractivity contribution < 1.29 is 9.21 Å². The predicted molar refractivity (Wildman–Crippen MR) is 98.0 cm³/mol. The van der Waals surface area contributed by atoms with E-state index in [1.165, 1.54) is 5.56 Å². The number of nitrogens with one attached hydrogen (secondary N) is 1. The number of hydrogen-bond acceptors (Lipinski definition) is 4. The minimum absolute atomic E-state index is 0.0277. The Labute approximate surface area is 155 Å². The van der Waals surface area contributed by atoms with Crippen LogP contribution in [0.1, 0.15) is 16.7 Å². The van der Waals surface area contributed by atoms with E-state index in [0.29, 0.717) is 15.6 Å². The minimum Gasteiger partial charge on any atom is -0.403 e. The van der Waals surface area contributed by atoms with Crippen LogP contribution >= 0.6 is 23.2 Å². The van der Waals surface area contributed by atoms with Crippen LogP contribution < -0.4 is 5.32 Å². The Morgan fingerprint density at radius 1 is 1.04 bits per heavy atom. The molecule has 3 rings (SSSR count). The number of amides is 1. The molecule has 0 saturated heterocycles. The molecule has 7 heteroatoms. The summed E-state index contributed by atoms with van der Waals surface area (Å²) in [5, 5.41) is 11.3. The lowest BCUT2D eigenvalue weighted by Gasteiger charge is -2.04. The van der Waals surface area contributed by atoms with Gasteiger partial charge in [0.1, 0.15) is 0 Å². The van der Waals surface area contributed by atoms with Crippen molar-refractivity contribution >= 4 is 35.1 Å². The fraction of sp³-hybridized carbons (Fsp3) is 0.167. The van der Waals surface area contributed by atoms with Gasteiger partial charge in [0, 0.05) is 15.6 Å². The van der Waals surface area contributed by atoms with Gasteiger partial charge in [-0.1, -0.05) is 46.5 Å². The van der Waals surface area contributed by atoms with Crippen LogP contribution in [0.5, 0.6) is 0 Å². The highest BCUT2D eigenvalue weighted by Gasteiger charge is 2.13. The molecule has 0 atom stereocenters. The summed E-state index contributed by atoms with van der Waals surface area (Å²) in [6.45, 7) is 4.04. The van der Waals surface area contributed by atoms with E-state index in [2.05, 4.69) is 15.5 Å². The van der Waals surface area contributed by atoms with Gasteiger partial charge < -0.3 is 4.42 Å². The lowest BCUT2D eigenvalue weighted by atomic mass is 10.0. The summed E-state index contributed by atoms with van der Waals surface area (Å²) in [4.78, 5) is 12.2. The molecular weight excluding hydrogens is 361 g/mol. The summed E-state index contributed by atoms with van der Waals surface area (Å²) in [5.41, 5.74) is 3.83. The highest BCUT2D eigenvalue weighted by molar-refractivity contribution is 6.35. The molecular formula is C18H15Cl2N3O2. The molecule has 5 nitrogen and oxygen atoms in total. The van der Waals surface area contributed by atoms with Gasteiger partial charge in [-0.05, 0) is 48.7 Å². The maximum atomic E-state index is 12.2. The van der Waals surface area contributed by atoms with Gasteiger partial charge in [0.05, 0.1) is 6.42 Å². The number of carbonyl (C=O) groups excluding carboxylic acids is 1. The van der Waals surface area contributed by atoms with Crippen molar-refractivity contribution in [3.63, 3.8) is 0 Å². The highest BCUT2D eigenvalue weighted by Crippen LogP contribution is 2.27. The molecule has 1 amide bonds. The second-order valence-electron chi connectivity index (χ2n) is 5.71. The number of halogens is 2. The van der Waals surface area contributed by atoms with Gasteiger partial charge in [-0.15, -0.1) is 5.10 Å². The normalized spacial score (nSPS) is 10.7. The predicted octanol–water partition coefficient (Wildman–Crippen LogP) is 4.84. The second-order valence-corrected chi connectivity index (χ2v) is 6.59. The zero-order valence-electron chi connectivity index (χ0n) is 13.6. The Kier molecular flexibility index (Phi) is 5.06. The third-order valence-corrected chi connectivity index (χ3v) is 4.15. The number of aryl methyl sites for hydroxylation is 2. The topological polar surface area (TPSA) is 68.0 Å². The van der Waals surface area contributed by atoms with Crippen LogP contribution in [0, 0.1) is 13.8 Å². The number of aromatic nitrogens is 2. The maximum absolute atomic E-state index is 12.2. The minimum atomic E-state index is -0.234. The van der Waals surface area contributed by atoms with Crippen LogP contribution in [0.25, 0.3) is 11.5 Å². The van der Waals surface area contributed by atoms with Crippen molar-refractivity contribution in [2.45, 2.75) is 20.3 Å². The maximum Gasteiger partial charge on any atom is 0.322 e. The van der Waals surface area contributed by atoms with Crippen LogP contribution in [0.15, 0.2) is 40.8 Å². The van der Waals surface area contributed by atoms with Crippen LogP contribution in [0.2, 0.25) is 10.0 Å². The van der Waals surface area contributed by atoms with E-state index in [4.69, 9.17) is 27.6 Å². The standard InChI is InChI=1S/C18H15Cl2N3O2/c1-10-3-4-12(5-11(10)2)6-16(24)21-18-23-22-17(25-18)13-7-14(19)9-15(20)8-13/h3-5,7-9H,6H2,1-2H3,(H,21,23,24). The Morgan fingerprint density at radius 2 is 1.76 bits per heavy atom. The van der Waals surface area contributed by atoms with E-state index >= 15 is 0 Å². The van der Waals surface area contributed by atoms with Gasteiger partial charge in [0.15, 0.2) is 0 Å². The molecule has 0 spiro atoms. The van der Waals surface area contributed by atoms with E-state index in [-0.39, 0.29) is 24.2 Å². The Hall–Kier alpha value is -2.37. The summed E-state index contributed by atoms with van der Waals surface area (Å²) in [6.07, 6.45) is 0.224. The van der Waals surface area contributed by atoms with Crippen molar-refractivity contribution in [3.8, 4) is 11.5 Å². The van der Waals surface area contributed by atoms with Crippen LogP contribution in [0.4, 0.5) is 6.01 Å². The summed E-state index contributed by atoms with van der Waals surface area (Å²) >= 11 is 11.9. The van der Waals surface area contributed by atoms with Crippen molar-refractivity contribution in [1.82, 2.24) is 10.2 Å². The molecule has 0 fully saturated rings. The molecule has 0 radical (unpaired) electrons. The number of hydrogen-bond donors (Lipinski definition) is 1. The van der Waals surface area contributed by atoms with Crippen molar-refractivity contribution in [2.24, 2.45) is 0 Å². The third kappa shape index (κ3) is 4.38. The van der Waals surface area contributed by atoms with Gasteiger partial charge in [0.25, 0.3) is 0 Å². The number of anilines is 1. The zero-order chi connectivity index (χ0) is 18.0. The van der Waals surface area contributed by atoms with Crippen LogP contribution in [-0.4, -0.2) is 16.1 Å². The molecule has 0 bridgehead atoms. The van der Waals surface area contributed by atoms with Crippen molar-refractivity contribution in [1.29, 1.82) is 0 Å². The smallest absolute Gasteiger partial charge is 0.322 e. The molecule has 3 aromatic rings. The number of rotatable bonds is 4.